The molecule has 0 bridgehead atoms. The van der Waals surface area contributed by atoms with Crippen molar-refractivity contribution in [1.29, 1.82) is 0 Å². The Labute approximate surface area is 209 Å². The maximum absolute atomic E-state index is 14.9. The SMILES string of the molecule is O=C(Nc1ccc([N+](=O)[O-])c(CCO)c1F)C(F)(F)c1ccc(F)c2ccccc12.[Ac]. The largest absolute Gasteiger partial charge is 0.396 e. The Hall–Kier alpha value is -2.09. The minimum atomic E-state index is -4.17. The fraction of sp³-hybridized carbons (Fsp3) is 0.150. The Morgan fingerprint density at radius 2 is 1.71 bits per heavy atom. The second kappa shape index (κ2) is 10.0. The molecule has 0 fully saturated rings. The standard InChI is InChI=1S/C20H14F4N2O4.Ac/c21-15-6-5-14(11-3-1-2-4-12(11)15)20(23,24)19(28)25-16-7-8-17(26(29)30)13(9-10-27)18(16)22;/h1-8,27H,9-10H2,(H,25,28);. The second-order valence-corrected chi connectivity index (χ2v) is 6.32. The minimum Gasteiger partial charge on any atom is -0.396 e. The Kier molecular flexibility index (Phi) is 8.14. The summed E-state index contributed by atoms with van der Waals surface area (Å²) in [5.41, 5.74) is -2.68. The van der Waals surface area contributed by atoms with E-state index in [1.807, 2.05) is 0 Å². The van der Waals surface area contributed by atoms with Crippen molar-refractivity contribution in [3.63, 3.8) is 0 Å². The molecule has 0 aliphatic rings. The number of hydrogen-bond donors (Lipinski definition) is 2. The van der Waals surface area contributed by atoms with Crippen LogP contribution in [0.5, 0.6) is 0 Å². The minimum absolute atomic E-state index is 0. The first kappa shape index (κ1) is 25.2. The van der Waals surface area contributed by atoms with Gasteiger partial charge in [0.1, 0.15) is 5.82 Å². The molecule has 0 atom stereocenters. The van der Waals surface area contributed by atoms with Crippen LogP contribution in [0.1, 0.15) is 11.1 Å². The molecule has 0 unspecified atom stereocenters. The summed E-state index contributed by atoms with van der Waals surface area (Å²) in [7, 11) is 0. The van der Waals surface area contributed by atoms with Crippen molar-refractivity contribution < 1.29 is 76.4 Å². The van der Waals surface area contributed by atoms with Crippen molar-refractivity contribution in [3.05, 3.63) is 81.4 Å². The summed E-state index contributed by atoms with van der Waals surface area (Å²) in [6, 6.07) is 8.53. The van der Waals surface area contributed by atoms with Crippen LogP contribution in [0.2, 0.25) is 0 Å². The molecule has 3 aromatic carbocycles. The van der Waals surface area contributed by atoms with Crippen molar-refractivity contribution in [2.75, 3.05) is 11.9 Å². The number of carbonyl (C=O) groups is 1. The third-order valence-corrected chi connectivity index (χ3v) is 4.52. The number of nitro benzene ring substituents is 1. The van der Waals surface area contributed by atoms with Gasteiger partial charge in [-0.3, -0.25) is 14.9 Å². The molecule has 0 heterocycles. The molecule has 0 aromatic heterocycles. The summed E-state index contributed by atoms with van der Waals surface area (Å²) in [6.07, 6.45) is -0.454. The number of aliphatic hydroxyl groups is 1. The number of amides is 1. The average molecular weight is 649 g/mol. The van der Waals surface area contributed by atoms with E-state index in [9.17, 15) is 32.5 Å². The van der Waals surface area contributed by atoms with E-state index in [1.165, 1.54) is 24.3 Å². The van der Waals surface area contributed by atoms with Gasteiger partial charge in [-0.05, 0) is 23.6 Å². The second-order valence-electron chi connectivity index (χ2n) is 6.32. The third kappa shape index (κ3) is 4.89. The zero-order valence-corrected chi connectivity index (χ0v) is 20.5. The van der Waals surface area contributed by atoms with E-state index >= 15 is 0 Å². The van der Waals surface area contributed by atoms with Gasteiger partial charge in [0.05, 0.1) is 16.2 Å². The number of anilines is 1. The number of fused-ring (bicyclic) bond motifs is 1. The Morgan fingerprint density at radius 1 is 1.06 bits per heavy atom. The molecule has 11 heteroatoms. The Morgan fingerprint density at radius 3 is 2.32 bits per heavy atom. The van der Waals surface area contributed by atoms with E-state index in [0.29, 0.717) is 0 Å². The van der Waals surface area contributed by atoms with Gasteiger partial charge in [-0.15, -0.1) is 0 Å². The van der Waals surface area contributed by atoms with Crippen LogP contribution < -0.4 is 5.32 Å². The molecular formula is C20H14AcF4N2O4. The maximum Gasteiger partial charge on any atom is 0.350 e. The van der Waals surface area contributed by atoms with Gasteiger partial charge in [0.25, 0.3) is 11.6 Å². The Balaban J connectivity index is 0.00000341. The molecule has 31 heavy (non-hydrogen) atoms. The average Bonchev–Trinajstić information content (AvgIpc) is 2.71. The summed E-state index contributed by atoms with van der Waals surface area (Å²) in [5.74, 6) is -8.12. The van der Waals surface area contributed by atoms with Gasteiger partial charge in [-0.25, -0.2) is 8.78 Å². The third-order valence-electron chi connectivity index (χ3n) is 4.52. The summed E-state index contributed by atoms with van der Waals surface area (Å²) < 4.78 is 58.3. The Bertz CT molecular complexity index is 1160. The van der Waals surface area contributed by atoms with Crippen molar-refractivity contribution in [2.24, 2.45) is 0 Å². The number of nitro groups is 1. The molecule has 0 spiro atoms. The molecule has 2 N–H and O–H groups in total. The predicted octanol–water partition coefficient (Wildman–Crippen LogP) is 4.29. The fourth-order valence-electron chi connectivity index (χ4n) is 3.09. The van der Waals surface area contributed by atoms with Crippen LogP contribution in [-0.2, 0) is 17.1 Å². The van der Waals surface area contributed by atoms with Crippen LogP contribution in [0, 0.1) is 65.8 Å². The van der Waals surface area contributed by atoms with Crippen LogP contribution in [0.4, 0.5) is 28.9 Å². The van der Waals surface area contributed by atoms with Gasteiger partial charge in [0.15, 0.2) is 5.82 Å². The van der Waals surface area contributed by atoms with E-state index in [1.54, 1.807) is 5.32 Å². The van der Waals surface area contributed by atoms with E-state index in [4.69, 9.17) is 5.11 Å². The van der Waals surface area contributed by atoms with Gasteiger partial charge in [-0.1, -0.05) is 24.3 Å². The molecule has 1 amide bonds. The van der Waals surface area contributed by atoms with Crippen molar-refractivity contribution >= 4 is 28.1 Å². The van der Waals surface area contributed by atoms with E-state index in [-0.39, 0.29) is 54.8 Å². The summed E-state index contributed by atoms with van der Waals surface area (Å²) in [6.45, 7) is -0.632. The zero-order chi connectivity index (χ0) is 22.1. The molecule has 159 valence electrons. The molecule has 6 nitrogen and oxygen atoms in total. The van der Waals surface area contributed by atoms with Crippen LogP contribution in [0.3, 0.4) is 0 Å². The van der Waals surface area contributed by atoms with Crippen LogP contribution in [0.25, 0.3) is 10.8 Å². The van der Waals surface area contributed by atoms with Crippen molar-refractivity contribution in [3.8, 4) is 0 Å². The van der Waals surface area contributed by atoms with E-state index < -0.39 is 63.9 Å². The molecule has 0 saturated carbocycles. The normalized spacial score (nSPS) is 11.1. The van der Waals surface area contributed by atoms with Crippen LogP contribution in [-0.4, -0.2) is 22.5 Å². The molecule has 0 aliphatic heterocycles. The number of nitrogens with zero attached hydrogens (tertiary/aromatic N) is 1. The fourth-order valence-corrected chi connectivity index (χ4v) is 3.09. The molecule has 0 saturated heterocycles. The van der Waals surface area contributed by atoms with Crippen molar-refractivity contribution in [2.45, 2.75) is 12.3 Å². The number of nitrogens with one attached hydrogen (secondary N) is 1. The van der Waals surface area contributed by atoms with Gasteiger partial charge in [-0.2, -0.15) is 8.78 Å². The quantitative estimate of drug-likeness (QED) is 0.237. The molecule has 1 radical (unpaired) electrons. The molecule has 0 aliphatic carbocycles. The van der Waals surface area contributed by atoms with E-state index in [0.717, 1.165) is 24.3 Å². The smallest absolute Gasteiger partial charge is 0.350 e. The number of rotatable bonds is 6. The van der Waals surface area contributed by atoms with Crippen molar-refractivity contribution in [1.82, 2.24) is 0 Å². The maximum atomic E-state index is 14.9. The number of hydrogen-bond acceptors (Lipinski definition) is 4. The monoisotopic (exact) mass is 649 g/mol. The first-order chi connectivity index (χ1) is 14.2. The first-order valence-electron chi connectivity index (χ1n) is 8.62. The number of carbonyl (C=O) groups excluding carboxylic acids is 1. The molecular weight excluding hydrogens is 635 g/mol. The van der Waals surface area contributed by atoms with Gasteiger partial charge in [0, 0.05) is 74.1 Å². The van der Waals surface area contributed by atoms with Gasteiger partial charge in [0.2, 0.25) is 0 Å². The first-order valence-corrected chi connectivity index (χ1v) is 8.62. The molecule has 3 aromatic rings. The summed E-state index contributed by atoms with van der Waals surface area (Å²) >= 11 is 0. The topological polar surface area (TPSA) is 92.5 Å². The number of alkyl halides is 2. The summed E-state index contributed by atoms with van der Waals surface area (Å²) in [5, 5.41) is 21.4. The summed E-state index contributed by atoms with van der Waals surface area (Å²) in [4.78, 5) is 22.4. The number of aliphatic hydroxyl groups excluding tert-OH is 1. The van der Waals surface area contributed by atoms with Gasteiger partial charge < -0.3 is 10.4 Å². The van der Waals surface area contributed by atoms with Crippen LogP contribution >= 0.6 is 0 Å². The number of halogens is 4. The molecule has 3 rings (SSSR count). The van der Waals surface area contributed by atoms with Crippen LogP contribution in [0.15, 0.2) is 48.5 Å². The predicted molar refractivity (Wildman–Crippen MR) is 100 cm³/mol. The zero-order valence-electron chi connectivity index (χ0n) is 15.7. The van der Waals surface area contributed by atoms with Gasteiger partial charge >= 0.3 is 5.92 Å². The van der Waals surface area contributed by atoms with E-state index in [2.05, 4.69) is 0 Å². The number of benzene rings is 3.